The van der Waals surface area contributed by atoms with Gasteiger partial charge in [0.1, 0.15) is 5.75 Å². The van der Waals surface area contributed by atoms with E-state index in [-0.39, 0.29) is 5.75 Å². The molecule has 1 heterocycles. The second-order valence-corrected chi connectivity index (χ2v) is 6.77. The Labute approximate surface area is 121 Å². The molecule has 118 valence electrons. The molecular weight excluding hydrogens is 307 g/mol. The van der Waals surface area contributed by atoms with E-state index in [1.54, 1.807) is 6.07 Å². The molecule has 1 aliphatic rings. The van der Waals surface area contributed by atoms with Gasteiger partial charge in [-0.1, -0.05) is 6.07 Å². The van der Waals surface area contributed by atoms with Crippen LogP contribution in [0.4, 0.5) is 13.2 Å². The highest BCUT2D eigenvalue weighted by Crippen LogP contribution is 2.29. The summed E-state index contributed by atoms with van der Waals surface area (Å²) in [5.41, 5.74) is -3.62. The minimum absolute atomic E-state index is 0.302. The fraction of sp³-hybridized carbons (Fsp3) is 0.538. The van der Waals surface area contributed by atoms with E-state index in [4.69, 9.17) is 0 Å². The summed E-state index contributed by atoms with van der Waals surface area (Å²) in [7, 11) is -5.61. The lowest BCUT2D eigenvalue weighted by Gasteiger charge is -2.32. The van der Waals surface area contributed by atoms with E-state index in [2.05, 4.69) is 22.9 Å². The van der Waals surface area contributed by atoms with Crippen LogP contribution in [-0.4, -0.2) is 31.4 Å². The van der Waals surface area contributed by atoms with Gasteiger partial charge in [-0.05, 0) is 43.5 Å². The van der Waals surface area contributed by atoms with E-state index in [1.165, 1.54) is 12.1 Å². The molecule has 1 aromatic carbocycles. The Hall–Kier alpha value is -1.28. The van der Waals surface area contributed by atoms with Crippen LogP contribution < -0.4 is 4.18 Å². The van der Waals surface area contributed by atoms with Crippen molar-refractivity contribution >= 4 is 10.1 Å². The summed E-state index contributed by atoms with van der Waals surface area (Å²) in [6, 6.07) is 4.62. The first-order chi connectivity index (χ1) is 9.60. The third-order valence-electron chi connectivity index (χ3n) is 3.44. The van der Waals surface area contributed by atoms with Crippen LogP contribution in [0.25, 0.3) is 0 Å². The van der Waals surface area contributed by atoms with Crippen molar-refractivity contribution in [2.24, 2.45) is 0 Å². The minimum atomic E-state index is -5.61. The molecule has 0 atom stereocenters. The normalized spacial score (nSPS) is 16.9. The summed E-state index contributed by atoms with van der Waals surface area (Å²) in [5.74, 6) is -0.302. The molecule has 0 radical (unpaired) electrons. The number of halogens is 3. The lowest BCUT2D eigenvalue weighted by atomic mass is 9.98. The summed E-state index contributed by atoms with van der Waals surface area (Å²) in [5, 5.41) is 0. The molecule has 21 heavy (non-hydrogen) atoms. The van der Waals surface area contributed by atoms with E-state index >= 15 is 0 Å². The zero-order valence-corrected chi connectivity index (χ0v) is 12.5. The van der Waals surface area contributed by atoms with Crippen LogP contribution in [0.5, 0.6) is 5.75 Å². The van der Waals surface area contributed by atoms with Gasteiger partial charge in [0.05, 0.1) is 0 Å². The minimum Gasteiger partial charge on any atom is -0.376 e. The Morgan fingerprint density at radius 3 is 2.48 bits per heavy atom. The molecular formula is C13H16F3NO3S. The number of hydrogen-bond acceptors (Lipinski definition) is 4. The van der Waals surface area contributed by atoms with E-state index in [9.17, 15) is 21.6 Å². The average Bonchev–Trinajstić information content (AvgIpc) is 2.36. The highest BCUT2D eigenvalue weighted by atomic mass is 32.2. The van der Waals surface area contributed by atoms with Crippen molar-refractivity contribution in [2.45, 2.75) is 38.4 Å². The van der Waals surface area contributed by atoms with Gasteiger partial charge in [-0.25, -0.2) is 0 Å². The number of hydrogen-bond donors (Lipinski definition) is 0. The first-order valence-electron chi connectivity index (χ1n) is 6.47. The zero-order valence-electron chi connectivity index (χ0n) is 11.6. The molecule has 0 aliphatic carbocycles. The monoisotopic (exact) mass is 323 g/mol. The number of fused-ring (bicyclic) bond motifs is 1. The van der Waals surface area contributed by atoms with Crippen molar-refractivity contribution in [1.82, 2.24) is 4.90 Å². The second kappa shape index (κ2) is 5.49. The SMILES string of the molecule is CC(C)N1CCc2cc(OS(=O)(=O)C(F)(F)F)ccc2C1. The predicted octanol–water partition coefficient (Wildman–Crippen LogP) is 2.68. The molecule has 1 aliphatic heterocycles. The highest BCUT2D eigenvalue weighted by molar-refractivity contribution is 7.87. The average molecular weight is 323 g/mol. The molecule has 0 fully saturated rings. The fourth-order valence-corrected chi connectivity index (χ4v) is 2.67. The smallest absolute Gasteiger partial charge is 0.376 e. The van der Waals surface area contributed by atoms with Crippen molar-refractivity contribution in [3.05, 3.63) is 29.3 Å². The van der Waals surface area contributed by atoms with Crippen LogP contribution >= 0.6 is 0 Å². The van der Waals surface area contributed by atoms with Crippen molar-refractivity contribution in [3.63, 3.8) is 0 Å². The molecule has 0 N–H and O–H groups in total. The molecule has 0 amide bonds. The van der Waals surface area contributed by atoms with Gasteiger partial charge >= 0.3 is 15.6 Å². The van der Waals surface area contributed by atoms with Gasteiger partial charge in [-0.2, -0.15) is 21.6 Å². The van der Waals surface area contributed by atoms with Gasteiger partial charge in [0.25, 0.3) is 0 Å². The fourth-order valence-electron chi connectivity index (χ4n) is 2.22. The molecule has 8 heteroatoms. The molecule has 1 aromatic rings. The summed E-state index contributed by atoms with van der Waals surface area (Å²) in [6.07, 6.45) is 0.650. The number of alkyl halides is 3. The van der Waals surface area contributed by atoms with Crippen LogP contribution in [0.3, 0.4) is 0 Å². The Balaban J connectivity index is 2.20. The van der Waals surface area contributed by atoms with Gasteiger partial charge in [0.2, 0.25) is 0 Å². The highest BCUT2D eigenvalue weighted by Gasteiger charge is 2.48. The molecule has 0 unspecified atom stereocenters. The first kappa shape index (κ1) is 16.1. The standard InChI is InChI=1S/C13H16F3NO3S/c1-9(2)17-6-5-10-7-12(4-3-11(10)8-17)20-21(18,19)13(14,15)16/h3-4,7,9H,5-6,8H2,1-2H3. The van der Waals surface area contributed by atoms with Crippen LogP contribution in [0.1, 0.15) is 25.0 Å². The third-order valence-corrected chi connectivity index (χ3v) is 4.42. The molecule has 0 bridgehead atoms. The Morgan fingerprint density at radius 1 is 1.24 bits per heavy atom. The van der Waals surface area contributed by atoms with Gasteiger partial charge in [0, 0.05) is 19.1 Å². The molecule has 2 rings (SSSR count). The van der Waals surface area contributed by atoms with Gasteiger partial charge in [-0.3, -0.25) is 4.90 Å². The van der Waals surface area contributed by atoms with E-state index in [1.807, 2.05) is 0 Å². The van der Waals surface area contributed by atoms with E-state index < -0.39 is 15.6 Å². The molecule has 0 spiro atoms. The maximum absolute atomic E-state index is 12.3. The predicted molar refractivity (Wildman–Crippen MR) is 71.3 cm³/mol. The summed E-state index contributed by atoms with van der Waals surface area (Å²) in [4.78, 5) is 2.23. The molecule has 0 saturated heterocycles. The first-order valence-corrected chi connectivity index (χ1v) is 7.87. The van der Waals surface area contributed by atoms with Crippen LogP contribution in [0.15, 0.2) is 18.2 Å². The lowest BCUT2D eigenvalue weighted by Crippen LogP contribution is -2.35. The number of rotatable bonds is 3. The van der Waals surface area contributed by atoms with Crippen LogP contribution in [-0.2, 0) is 23.1 Å². The van der Waals surface area contributed by atoms with Crippen molar-refractivity contribution in [3.8, 4) is 5.75 Å². The Morgan fingerprint density at radius 2 is 1.90 bits per heavy atom. The Kier molecular flexibility index (Phi) is 4.21. The maximum atomic E-state index is 12.3. The zero-order chi connectivity index (χ0) is 15.8. The Bertz CT molecular complexity index is 626. The maximum Gasteiger partial charge on any atom is 0.534 e. The number of nitrogens with zero attached hydrogens (tertiary/aromatic N) is 1. The third kappa shape index (κ3) is 3.49. The van der Waals surface area contributed by atoms with Crippen LogP contribution in [0, 0.1) is 0 Å². The summed E-state index contributed by atoms with van der Waals surface area (Å²) in [6.45, 7) is 5.61. The van der Waals surface area contributed by atoms with Gasteiger partial charge in [-0.15, -0.1) is 0 Å². The quantitative estimate of drug-likeness (QED) is 0.634. The van der Waals surface area contributed by atoms with Crippen molar-refractivity contribution in [2.75, 3.05) is 6.54 Å². The molecule has 0 saturated carbocycles. The molecule has 0 aromatic heterocycles. The summed E-state index contributed by atoms with van der Waals surface area (Å²) < 4.78 is 62.9. The largest absolute Gasteiger partial charge is 0.534 e. The van der Waals surface area contributed by atoms with E-state index in [0.717, 1.165) is 17.7 Å². The molecule has 4 nitrogen and oxygen atoms in total. The second-order valence-electron chi connectivity index (χ2n) is 5.23. The lowest BCUT2D eigenvalue weighted by molar-refractivity contribution is -0.0500. The van der Waals surface area contributed by atoms with Crippen LogP contribution in [0.2, 0.25) is 0 Å². The topological polar surface area (TPSA) is 46.6 Å². The van der Waals surface area contributed by atoms with E-state index in [0.29, 0.717) is 19.0 Å². The number of benzene rings is 1. The van der Waals surface area contributed by atoms with Crippen molar-refractivity contribution < 1.29 is 25.8 Å². The van der Waals surface area contributed by atoms with Gasteiger partial charge in [0.15, 0.2) is 0 Å². The van der Waals surface area contributed by atoms with Gasteiger partial charge < -0.3 is 4.18 Å². The van der Waals surface area contributed by atoms with Crippen molar-refractivity contribution in [1.29, 1.82) is 0 Å². The summed E-state index contributed by atoms with van der Waals surface area (Å²) >= 11 is 0.